The zero-order chi connectivity index (χ0) is 8.65. The van der Waals surface area contributed by atoms with Crippen LogP contribution >= 0.6 is 6.64 Å². The topological polar surface area (TPSA) is 70.0 Å². The molecule has 64 valence electrons. The summed E-state index contributed by atoms with van der Waals surface area (Å²) >= 11 is 4.35. The summed E-state index contributed by atoms with van der Waals surface area (Å²) < 4.78 is 5.34. The Hall–Kier alpha value is -0.160. The Kier molecular flexibility index (Phi) is 2.20. The van der Waals surface area contributed by atoms with E-state index in [2.05, 4.69) is 16.5 Å². The predicted octanol–water partition coefficient (Wildman–Crippen LogP) is 0.0362. The van der Waals surface area contributed by atoms with Crippen LogP contribution in [0.15, 0.2) is 0 Å². The smallest absolute Gasteiger partial charge is 0.417 e. The molecule has 1 amide bonds. The minimum atomic E-state index is -3.63. The summed E-state index contributed by atoms with van der Waals surface area (Å²) in [6.07, 6.45) is -0.745. The van der Waals surface area contributed by atoms with Crippen molar-refractivity contribution >= 4 is 24.5 Å². The monoisotopic (exact) mass is 197 g/mol. The van der Waals surface area contributed by atoms with Gasteiger partial charge in [-0.15, -0.1) is 0 Å². The van der Waals surface area contributed by atoms with E-state index in [-0.39, 0.29) is 12.6 Å². The molecule has 1 heterocycles. The maximum absolute atomic E-state index is 10.8. The van der Waals surface area contributed by atoms with Crippen molar-refractivity contribution in [1.29, 1.82) is 0 Å². The first-order chi connectivity index (χ1) is 4.93. The first-order valence-corrected chi connectivity index (χ1v) is 5.61. The van der Waals surface area contributed by atoms with E-state index in [1.165, 1.54) is 0 Å². The van der Waals surface area contributed by atoms with Crippen LogP contribution < -0.4 is 0 Å². The second-order valence-electron chi connectivity index (χ2n) is 2.28. The van der Waals surface area contributed by atoms with E-state index in [1.54, 1.807) is 6.92 Å². The predicted molar refractivity (Wildman–Crippen MR) is 41.4 cm³/mol. The summed E-state index contributed by atoms with van der Waals surface area (Å²) in [6.45, 7) is -1.83. The van der Waals surface area contributed by atoms with Crippen molar-refractivity contribution in [3.63, 3.8) is 0 Å². The number of cyclic esters (lactones) is 1. The van der Waals surface area contributed by atoms with Crippen LogP contribution in [0.1, 0.15) is 6.92 Å². The van der Waals surface area contributed by atoms with Gasteiger partial charge in [0.05, 0.1) is 6.04 Å². The Bertz CT molecular complexity index is 226. The molecule has 1 atom stereocenters. The van der Waals surface area contributed by atoms with Gasteiger partial charge >= 0.3 is 6.09 Å². The van der Waals surface area contributed by atoms with Gasteiger partial charge in [0.2, 0.25) is 0 Å². The highest BCUT2D eigenvalue weighted by molar-refractivity contribution is 8.08. The molecule has 0 spiro atoms. The minimum Gasteiger partial charge on any atom is -0.447 e. The fraction of sp³-hybridized carbons (Fsp3) is 0.750. The lowest BCUT2D eigenvalue weighted by molar-refractivity contribution is 0.168. The quantitative estimate of drug-likeness (QED) is 0.580. The van der Waals surface area contributed by atoms with Crippen molar-refractivity contribution in [3.05, 3.63) is 0 Å². The molecule has 0 aromatic heterocycles. The average molecular weight is 197 g/mol. The second-order valence-corrected chi connectivity index (χ2v) is 5.21. The molecule has 1 aliphatic rings. The summed E-state index contributed by atoms with van der Waals surface area (Å²) in [5, 5.41) is 0. The normalized spacial score (nSPS) is 25.5. The second kappa shape index (κ2) is 2.71. The Morgan fingerprint density at radius 1 is 1.82 bits per heavy atom. The molecule has 11 heavy (non-hydrogen) atoms. The van der Waals surface area contributed by atoms with E-state index in [1.807, 2.05) is 0 Å². The number of rotatable bonds is 1. The highest BCUT2D eigenvalue weighted by Crippen LogP contribution is 2.44. The van der Waals surface area contributed by atoms with Crippen LogP contribution in [0.2, 0.25) is 0 Å². The molecular formula is C4H8NO4PS. The summed E-state index contributed by atoms with van der Waals surface area (Å²) in [5.74, 6) is 0. The zero-order valence-corrected chi connectivity index (χ0v) is 7.51. The number of amides is 1. The summed E-state index contributed by atoms with van der Waals surface area (Å²) in [5.41, 5.74) is 0. The number of ether oxygens (including phenoxy) is 1. The maximum Gasteiger partial charge on any atom is 0.417 e. The third-order valence-electron chi connectivity index (χ3n) is 1.33. The summed E-state index contributed by atoms with van der Waals surface area (Å²) in [4.78, 5) is 28.7. The highest BCUT2D eigenvalue weighted by atomic mass is 32.5. The van der Waals surface area contributed by atoms with Crippen molar-refractivity contribution in [2.24, 2.45) is 0 Å². The van der Waals surface area contributed by atoms with Crippen molar-refractivity contribution in [2.75, 3.05) is 6.61 Å². The molecular weight excluding hydrogens is 189 g/mol. The van der Waals surface area contributed by atoms with Crippen LogP contribution in [0, 0.1) is 0 Å². The fourth-order valence-electron chi connectivity index (χ4n) is 0.872. The molecule has 1 fully saturated rings. The molecule has 1 saturated heterocycles. The van der Waals surface area contributed by atoms with Gasteiger partial charge in [-0.2, -0.15) is 0 Å². The number of hydrogen-bond acceptors (Lipinski definition) is 3. The van der Waals surface area contributed by atoms with E-state index >= 15 is 0 Å². The lowest BCUT2D eigenvalue weighted by Gasteiger charge is -2.21. The third-order valence-corrected chi connectivity index (χ3v) is 2.98. The third kappa shape index (κ3) is 1.70. The largest absolute Gasteiger partial charge is 0.447 e. The van der Waals surface area contributed by atoms with Crippen LogP contribution in [0.4, 0.5) is 4.79 Å². The van der Waals surface area contributed by atoms with Gasteiger partial charge in [0.25, 0.3) is 6.64 Å². The lowest BCUT2D eigenvalue weighted by Crippen LogP contribution is -2.27. The van der Waals surface area contributed by atoms with E-state index in [0.717, 1.165) is 4.67 Å². The molecule has 1 rings (SSSR count). The first-order valence-electron chi connectivity index (χ1n) is 2.95. The molecule has 0 bridgehead atoms. The van der Waals surface area contributed by atoms with Crippen molar-refractivity contribution < 1.29 is 19.3 Å². The van der Waals surface area contributed by atoms with Gasteiger partial charge in [-0.25, -0.2) is 9.46 Å². The fourth-order valence-corrected chi connectivity index (χ4v) is 2.41. The molecule has 7 heteroatoms. The molecule has 1 unspecified atom stereocenters. The Labute approximate surface area is 68.8 Å². The molecule has 0 aliphatic carbocycles. The van der Waals surface area contributed by atoms with Crippen molar-refractivity contribution in [1.82, 2.24) is 4.67 Å². The van der Waals surface area contributed by atoms with Gasteiger partial charge in [-0.05, 0) is 18.7 Å². The maximum atomic E-state index is 10.8. The van der Waals surface area contributed by atoms with Gasteiger partial charge in [-0.1, -0.05) is 0 Å². The van der Waals surface area contributed by atoms with Crippen LogP contribution in [-0.4, -0.2) is 33.2 Å². The molecule has 0 radical (unpaired) electrons. The van der Waals surface area contributed by atoms with Crippen LogP contribution in [0.5, 0.6) is 0 Å². The van der Waals surface area contributed by atoms with Crippen LogP contribution in [0.25, 0.3) is 0 Å². The molecule has 1 aliphatic heterocycles. The van der Waals surface area contributed by atoms with E-state index < -0.39 is 12.7 Å². The number of carbonyl (C=O) groups excluding carboxylic acids is 1. The minimum absolute atomic E-state index is 0.165. The number of hydrogen-bond donors (Lipinski definition) is 2. The first kappa shape index (κ1) is 8.93. The van der Waals surface area contributed by atoms with Gasteiger partial charge in [0, 0.05) is 0 Å². The van der Waals surface area contributed by atoms with E-state index in [4.69, 9.17) is 9.79 Å². The standard InChI is InChI=1S/C4H8NO4PS/c1-3-2-9-4(6)5(3)10(7,8)11/h3H,2H2,1H3,(H2,7,8,11). The van der Waals surface area contributed by atoms with Gasteiger partial charge in [0.1, 0.15) is 6.61 Å². The van der Waals surface area contributed by atoms with Crippen molar-refractivity contribution in [2.45, 2.75) is 13.0 Å². The highest BCUT2D eigenvalue weighted by Gasteiger charge is 2.38. The molecule has 0 aromatic carbocycles. The molecule has 2 N–H and O–H groups in total. The number of nitrogens with zero attached hydrogens (tertiary/aromatic N) is 1. The Morgan fingerprint density at radius 2 is 2.36 bits per heavy atom. The van der Waals surface area contributed by atoms with Gasteiger partial charge in [0.15, 0.2) is 0 Å². The summed E-state index contributed by atoms with van der Waals surface area (Å²) in [7, 11) is 0. The summed E-state index contributed by atoms with van der Waals surface area (Å²) in [6, 6.07) is -0.344. The average Bonchev–Trinajstić information content (AvgIpc) is 2.08. The molecule has 0 aromatic rings. The van der Waals surface area contributed by atoms with Crippen LogP contribution in [0.3, 0.4) is 0 Å². The molecule has 0 saturated carbocycles. The zero-order valence-electron chi connectivity index (χ0n) is 5.80. The Morgan fingerprint density at radius 3 is 2.55 bits per heavy atom. The lowest BCUT2D eigenvalue weighted by atomic mass is 10.4. The SMILES string of the molecule is CC1COC(=O)N1P(O)(O)=S. The van der Waals surface area contributed by atoms with E-state index in [9.17, 15) is 4.79 Å². The van der Waals surface area contributed by atoms with Crippen LogP contribution in [-0.2, 0) is 16.5 Å². The van der Waals surface area contributed by atoms with E-state index in [0.29, 0.717) is 0 Å². The van der Waals surface area contributed by atoms with Gasteiger partial charge in [-0.3, -0.25) is 0 Å². The Balaban J connectivity index is 2.86. The van der Waals surface area contributed by atoms with Gasteiger partial charge < -0.3 is 14.5 Å². The van der Waals surface area contributed by atoms with Crippen molar-refractivity contribution in [3.8, 4) is 0 Å². The molecule has 5 nitrogen and oxygen atoms in total. The number of carbonyl (C=O) groups is 1.